The minimum atomic E-state index is -0.267. The lowest BCUT2D eigenvalue weighted by atomic mass is 10.1. The summed E-state index contributed by atoms with van der Waals surface area (Å²) in [5.74, 6) is 1.37. The Bertz CT molecular complexity index is 1060. The van der Waals surface area contributed by atoms with Gasteiger partial charge < -0.3 is 24.1 Å². The van der Waals surface area contributed by atoms with Crippen molar-refractivity contribution < 1.29 is 19.0 Å². The van der Waals surface area contributed by atoms with E-state index in [1.807, 2.05) is 13.0 Å². The molecule has 1 amide bonds. The highest BCUT2D eigenvalue weighted by Crippen LogP contribution is 2.41. The Morgan fingerprint density at radius 1 is 1.03 bits per heavy atom. The number of nitrogens with zero attached hydrogens (tertiary/aromatic N) is 1. The van der Waals surface area contributed by atoms with E-state index >= 15 is 0 Å². The van der Waals surface area contributed by atoms with Gasteiger partial charge in [0, 0.05) is 28.5 Å². The first-order chi connectivity index (χ1) is 13.8. The quantitative estimate of drug-likeness (QED) is 0.566. The molecular weight excluding hydrogens is 415 g/mol. The largest absolute Gasteiger partial charge is 0.496 e. The van der Waals surface area contributed by atoms with Gasteiger partial charge in [-0.3, -0.25) is 4.79 Å². The molecule has 0 saturated heterocycles. The van der Waals surface area contributed by atoms with E-state index in [1.165, 1.54) is 0 Å². The van der Waals surface area contributed by atoms with E-state index in [0.29, 0.717) is 38.5 Å². The Morgan fingerprint density at radius 2 is 1.72 bits per heavy atom. The summed E-state index contributed by atoms with van der Waals surface area (Å²) in [6.45, 7) is 1.90. The number of aromatic nitrogens is 1. The zero-order chi connectivity index (χ0) is 21.3. The zero-order valence-electron chi connectivity index (χ0n) is 16.8. The van der Waals surface area contributed by atoms with Crippen molar-refractivity contribution in [3.63, 3.8) is 0 Å². The molecule has 1 N–H and O–H groups in total. The Kier molecular flexibility index (Phi) is 6.15. The maximum Gasteiger partial charge on any atom is 0.270 e. The molecule has 29 heavy (non-hydrogen) atoms. The Hall–Kier alpha value is -2.57. The van der Waals surface area contributed by atoms with E-state index in [4.69, 9.17) is 37.4 Å². The van der Waals surface area contributed by atoms with Crippen LogP contribution in [0.1, 0.15) is 29.0 Å². The molecule has 0 bridgehead atoms. The van der Waals surface area contributed by atoms with Crippen LogP contribution in [0.4, 0.5) is 0 Å². The van der Waals surface area contributed by atoms with Crippen LogP contribution in [0.5, 0.6) is 17.2 Å². The third kappa shape index (κ3) is 3.82. The number of methoxy groups -OCH3 is 3. The Morgan fingerprint density at radius 3 is 2.31 bits per heavy atom. The molecule has 0 aliphatic carbocycles. The monoisotopic (exact) mass is 436 g/mol. The van der Waals surface area contributed by atoms with E-state index in [0.717, 1.165) is 10.9 Å². The second-order valence-electron chi connectivity index (χ2n) is 6.54. The van der Waals surface area contributed by atoms with E-state index in [1.54, 1.807) is 57.5 Å². The van der Waals surface area contributed by atoms with Gasteiger partial charge in [-0.15, -0.1) is 0 Å². The molecule has 0 aliphatic heterocycles. The number of carbonyl (C=O) groups is 1. The Labute approximate surface area is 179 Å². The van der Waals surface area contributed by atoms with Crippen molar-refractivity contribution in [3.8, 4) is 17.2 Å². The molecule has 6 nitrogen and oxygen atoms in total. The molecule has 1 aromatic heterocycles. The second-order valence-corrected chi connectivity index (χ2v) is 7.39. The number of nitrogens with one attached hydrogen (secondary N) is 1. The molecule has 154 valence electrons. The molecule has 0 aliphatic rings. The minimum absolute atomic E-state index is 0.206. The van der Waals surface area contributed by atoms with Crippen molar-refractivity contribution in [2.45, 2.75) is 13.0 Å². The van der Waals surface area contributed by atoms with Gasteiger partial charge in [0.2, 0.25) is 0 Å². The van der Waals surface area contributed by atoms with Crippen molar-refractivity contribution >= 4 is 40.0 Å². The summed E-state index contributed by atoms with van der Waals surface area (Å²) in [5, 5.41) is 1.78. The van der Waals surface area contributed by atoms with Gasteiger partial charge in [0.25, 0.3) is 5.91 Å². The minimum Gasteiger partial charge on any atom is -0.496 e. The summed E-state index contributed by atoms with van der Waals surface area (Å²) < 4.78 is 16.3. The van der Waals surface area contributed by atoms with Crippen LogP contribution in [0.15, 0.2) is 30.3 Å². The molecule has 3 aromatic rings. The fourth-order valence-corrected chi connectivity index (χ4v) is 3.83. The molecule has 2 aromatic carbocycles. The number of carbonyl (C=O) groups excluding carboxylic acids is 1. The number of rotatable bonds is 6. The van der Waals surface area contributed by atoms with Gasteiger partial charge in [0.15, 0.2) is 11.5 Å². The van der Waals surface area contributed by atoms with Crippen molar-refractivity contribution in [1.29, 1.82) is 0 Å². The van der Waals surface area contributed by atoms with Crippen molar-refractivity contribution in [1.82, 2.24) is 9.88 Å². The third-order valence-electron chi connectivity index (χ3n) is 4.98. The van der Waals surface area contributed by atoms with Crippen LogP contribution < -0.4 is 14.2 Å². The molecule has 0 radical (unpaired) electrons. The molecule has 0 fully saturated rings. The van der Waals surface area contributed by atoms with Crippen molar-refractivity contribution in [2.24, 2.45) is 0 Å². The average molecular weight is 437 g/mol. The van der Waals surface area contributed by atoms with Crippen LogP contribution in [0.2, 0.25) is 10.0 Å². The average Bonchev–Trinajstić information content (AvgIpc) is 3.16. The predicted molar refractivity (Wildman–Crippen MR) is 115 cm³/mol. The van der Waals surface area contributed by atoms with Gasteiger partial charge in [0.05, 0.1) is 32.9 Å². The number of ether oxygens (including phenoxy) is 3. The maximum absolute atomic E-state index is 13.2. The lowest BCUT2D eigenvalue weighted by Crippen LogP contribution is -2.30. The molecule has 0 spiro atoms. The zero-order valence-corrected chi connectivity index (χ0v) is 18.3. The molecule has 1 heterocycles. The highest BCUT2D eigenvalue weighted by atomic mass is 35.5. The Balaban J connectivity index is 2.02. The van der Waals surface area contributed by atoms with E-state index in [-0.39, 0.29) is 11.9 Å². The number of H-pyrrole nitrogens is 1. The highest BCUT2D eigenvalue weighted by molar-refractivity contribution is 6.35. The summed E-state index contributed by atoms with van der Waals surface area (Å²) in [7, 11) is 6.37. The summed E-state index contributed by atoms with van der Waals surface area (Å²) in [6.07, 6.45) is 0. The molecule has 3 rings (SSSR count). The standard InChI is InChI=1S/C21H22Cl2N2O4/c1-11(13-7-6-12(22)8-15(13)23)25(2)21(26)16-9-14-17(27-3)10-18(28-4)20(29-5)19(14)24-16/h6-11,24H,1-5H3. The SMILES string of the molecule is COc1cc(OC)c2cc(C(=O)N(C)C(C)c3ccc(Cl)cc3Cl)[nH]c2c1OC. The normalized spacial score (nSPS) is 12.0. The van der Waals surface area contributed by atoms with Crippen LogP contribution in [0.3, 0.4) is 0 Å². The van der Waals surface area contributed by atoms with Crippen LogP contribution >= 0.6 is 23.2 Å². The summed E-state index contributed by atoms with van der Waals surface area (Å²) >= 11 is 12.3. The van der Waals surface area contributed by atoms with Crippen LogP contribution in [-0.4, -0.2) is 44.2 Å². The van der Waals surface area contributed by atoms with Gasteiger partial charge >= 0.3 is 0 Å². The molecular formula is C21H22Cl2N2O4. The van der Waals surface area contributed by atoms with E-state index < -0.39 is 0 Å². The van der Waals surface area contributed by atoms with E-state index in [9.17, 15) is 4.79 Å². The van der Waals surface area contributed by atoms with Crippen molar-refractivity contribution in [3.05, 3.63) is 51.6 Å². The number of halogens is 2. The predicted octanol–water partition coefficient (Wildman–Crippen LogP) is 5.33. The fraction of sp³-hybridized carbons (Fsp3) is 0.286. The number of hydrogen-bond acceptors (Lipinski definition) is 4. The van der Waals surface area contributed by atoms with Crippen LogP contribution in [-0.2, 0) is 0 Å². The lowest BCUT2D eigenvalue weighted by molar-refractivity contribution is 0.0738. The third-order valence-corrected chi connectivity index (χ3v) is 5.55. The number of benzene rings is 2. The first-order valence-electron chi connectivity index (χ1n) is 8.86. The molecule has 8 heteroatoms. The smallest absolute Gasteiger partial charge is 0.270 e. The second kappa shape index (κ2) is 8.43. The first-order valence-corrected chi connectivity index (χ1v) is 9.61. The molecule has 1 unspecified atom stereocenters. The van der Waals surface area contributed by atoms with Gasteiger partial charge in [-0.05, 0) is 30.7 Å². The van der Waals surface area contributed by atoms with Crippen molar-refractivity contribution in [2.75, 3.05) is 28.4 Å². The summed E-state index contributed by atoms with van der Waals surface area (Å²) in [6, 6.07) is 8.44. The molecule has 1 atom stereocenters. The number of aromatic amines is 1. The summed E-state index contributed by atoms with van der Waals surface area (Å²) in [4.78, 5) is 17.9. The topological polar surface area (TPSA) is 63.8 Å². The number of fused-ring (bicyclic) bond motifs is 1. The van der Waals surface area contributed by atoms with Gasteiger partial charge in [-0.25, -0.2) is 0 Å². The highest BCUT2D eigenvalue weighted by Gasteiger charge is 2.25. The van der Waals surface area contributed by atoms with Gasteiger partial charge in [-0.1, -0.05) is 29.3 Å². The van der Waals surface area contributed by atoms with Gasteiger partial charge in [0.1, 0.15) is 11.4 Å². The first kappa shape index (κ1) is 21.1. The molecule has 0 saturated carbocycles. The summed E-state index contributed by atoms with van der Waals surface area (Å²) in [5.41, 5.74) is 1.82. The van der Waals surface area contributed by atoms with E-state index in [2.05, 4.69) is 4.98 Å². The fourth-order valence-electron chi connectivity index (χ4n) is 3.27. The lowest BCUT2D eigenvalue weighted by Gasteiger charge is -2.25. The van der Waals surface area contributed by atoms with Crippen LogP contribution in [0, 0.1) is 0 Å². The maximum atomic E-state index is 13.2. The van der Waals surface area contributed by atoms with Gasteiger partial charge in [-0.2, -0.15) is 0 Å². The number of amides is 1. The number of hydrogen-bond donors (Lipinski definition) is 1. The van der Waals surface area contributed by atoms with Crippen LogP contribution in [0.25, 0.3) is 10.9 Å².